The Balaban J connectivity index is 2.17. The van der Waals surface area contributed by atoms with Crippen LogP contribution < -0.4 is 43.4 Å². The second-order valence-corrected chi connectivity index (χ2v) is 18.8. The first-order valence-electron chi connectivity index (χ1n) is 24.8. The number of ether oxygens (including phenoxy) is 1. The minimum absolute atomic E-state index is 0.0230. The Labute approximate surface area is 441 Å². The maximum Gasteiger partial charge on any atom is 0.327 e. The van der Waals surface area contributed by atoms with Crippen molar-refractivity contribution in [1.29, 1.82) is 0 Å². The molecule has 2 aromatic carbocycles. The van der Waals surface area contributed by atoms with Gasteiger partial charge < -0.3 is 73.4 Å². The number of carboxylic acids is 2. The highest BCUT2D eigenvalue weighted by Crippen LogP contribution is 2.19. The highest BCUT2D eigenvalue weighted by atomic mass is 16.5. The number of aromatic hydroxyl groups is 1. The fourth-order valence-electron chi connectivity index (χ4n) is 8.12. The van der Waals surface area contributed by atoms with Crippen LogP contribution in [0.25, 0.3) is 0 Å². The smallest absolute Gasteiger partial charge is 0.327 e. The quantitative estimate of drug-likeness (QED) is 0.0431. The number of allylic oxidation sites excluding steroid dienone is 2. The number of phenolic OH excluding ortho intramolecular Hbond substituents is 1. The zero-order valence-electron chi connectivity index (χ0n) is 43.9. The second kappa shape index (κ2) is 30.5. The summed E-state index contributed by atoms with van der Waals surface area (Å²) in [7, 11) is 2.76. The summed E-state index contributed by atoms with van der Waals surface area (Å²) in [5.74, 6) is -13.3. The van der Waals surface area contributed by atoms with E-state index in [-0.39, 0.29) is 49.5 Å². The molecule has 1 heterocycles. The number of hydrogen-bond donors (Lipinski definition) is 12. The molecule has 7 amide bonds. The second-order valence-electron chi connectivity index (χ2n) is 18.8. The highest BCUT2D eigenvalue weighted by molar-refractivity contribution is 5.97. The van der Waals surface area contributed by atoms with E-state index in [2.05, 4.69) is 36.9 Å². The molecule has 0 spiro atoms. The summed E-state index contributed by atoms with van der Waals surface area (Å²) in [6.07, 6.45) is 4.01. The molecule has 1 aliphatic rings. The van der Waals surface area contributed by atoms with Crippen LogP contribution in [0.4, 0.5) is 0 Å². The van der Waals surface area contributed by atoms with Gasteiger partial charge in [0.1, 0.15) is 42.0 Å². The van der Waals surface area contributed by atoms with Crippen LogP contribution in [0.1, 0.15) is 71.4 Å². The van der Waals surface area contributed by atoms with Crippen LogP contribution in [0.15, 0.2) is 83.4 Å². The SMILES string of the molecule is CO[C@@H](Cc1ccccc1)[C@@H](C)/C=C(C)/C=C/[C@@H]1NC(=O)[C@H](Cc2ccc(O)cc2)NC(=O)[C@@H](C)[C@H](C(=O)O)NC(=O)[C@H](CCCN=C(N)N)NC(=O)[C@@H](C)NC(=O)[C@H](CO)N(C)C(=O)CC[C@H](C(=O)O)NC(=O)[C@H]1C. The van der Waals surface area contributed by atoms with Gasteiger partial charge in [0, 0.05) is 39.5 Å². The average Bonchev–Trinajstić information content (AvgIpc) is 3.37. The van der Waals surface area contributed by atoms with Gasteiger partial charge in [0.25, 0.3) is 0 Å². The van der Waals surface area contributed by atoms with Gasteiger partial charge in [-0.3, -0.25) is 38.6 Å². The summed E-state index contributed by atoms with van der Waals surface area (Å²) in [6, 6.07) is 4.39. The van der Waals surface area contributed by atoms with Crippen molar-refractivity contribution in [3.05, 3.63) is 89.5 Å². The van der Waals surface area contributed by atoms with Gasteiger partial charge in [-0.05, 0) is 62.8 Å². The maximum absolute atomic E-state index is 14.6. The molecule has 24 heteroatoms. The lowest BCUT2D eigenvalue weighted by molar-refractivity contribution is -0.146. The average molecular weight is 1060 g/mol. The molecule has 416 valence electrons. The third-order valence-corrected chi connectivity index (χ3v) is 12.9. The van der Waals surface area contributed by atoms with E-state index in [0.717, 1.165) is 17.5 Å². The summed E-state index contributed by atoms with van der Waals surface area (Å²) in [5.41, 5.74) is 13.0. The first-order valence-corrected chi connectivity index (χ1v) is 24.8. The standard InChI is InChI=1S/C52H74N10O14/c1-28(24-29(2)41(76-7)26-33-12-9-8-10-13-33)15-20-36-30(3)44(66)59-38(50(72)73)21-22-42(65)62(6)40(27-63)49(71)56-32(5)46(68)58-37(14-11-23-55-52(53)54)47(69)61-43(51(74)75)31(4)45(67)60-39(48(70)57-36)25-34-16-18-35(64)19-17-34/h8-10,12-13,15-20,24,29-32,36-41,43,63-64H,11,14,21-23,25-27H2,1-7H3,(H,56,71)(H,57,70)(H,58,68)(H,59,66)(H,60,67)(H,61,69)(H,72,73)(H,74,75)(H4,53,54,55)/b20-15+,28-24+/t29-,30-,31-,32+,36-,37-,38+,39-,40-,41-,43+/m0/s1. The first-order chi connectivity index (χ1) is 35.9. The minimum atomic E-state index is -1.98. The van der Waals surface area contributed by atoms with Crippen LogP contribution in [0.3, 0.4) is 0 Å². The third kappa shape index (κ3) is 19.8. The van der Waals surface area contributed by atoms with Crippen molar-refractivity contribution in [2.24, 2.45) is 34.2 Å². The summed E-state index contributed by atoms with van der Waals surface area (Å²) in [5, 5.41) is 55.8. The number of nitrogens with one attached hydrogen (secondary N) is 6. The normalized spacial score (nSPS) is 25.3. The zero-order valence-corrected chi connectivity index (χ0v) is 43.9. The summed E-state index contributed by atoms with van der Waals surface area (Å²) < 4.78 is 5.82. The number of rotatable bonds is 16. The van der Waals surface area contributed by atoms with Crippen LogP contribution in [0.2, 0.25) is 0 Å². The lowest BCUT2D eigenvalue weighted by Gasteiger charge is -2.28. The van der Waals surface area contributed by atoms with E-state index in [1.165, 1.54) is 51.1 Å². The molecule has 1 fully saturated rings. The Hall–Kier alpha value is -7.86. The number of carbonyl (C=O) groups excluding carboxylic acids is 7. The predicted molar refractivity (Wildman–Crippen MR) is 278 cm³/mol. The molecular weight excluding hydrogens is 989 g/mol. The number of nitrogens with zero attached hydrogens (tertiary/aromatic N) is 2. The summed E-state index contributed by atoms with van der Waals surface area (Å²) in [4.78, 5) is 127. The molecule has 0 bridgehead atoms. The van der Waals surface area contributed by atoms with Crippen molar-refractivity contribution in [2.45, 2.75) is 122 Å². The Kier molecular flexibility index (Phi) is 25.1. The van der Waals surface area contributed by atoms with E-state index >= 15 is 0 Å². The molecule has 3 rings (SSSR count). The third-order valence-electron chi connectivity index (χ3n) is 12.9. The van der Waals surface area contributed by atoms with Crippen molar-refractivity contribution in [1.82, 2.24) is 36.8 Å². The topological polar surface area (TPSA) is 384 Å². The Morgan fingerprint density at radius 1 is 0.789 bits per heavy atom. The van der Waals surface area contributed by atoms with Gasteiger partial charge in [-0.1, -0.05) is 87.0 Å². The van der Waals surface area contributed by atoms with Gasteiger partial charge in [-0.15, -0.1) is 0 Å². The molecule has 0 aromatic heterocycles. The molecule has 76 heavy (non-hydrogen) atoms. The predicted octanol–water partition coefficient (Wildman–Crippen LogP) is -0.632. The van der Waals surface area contributed by atoms with E-state index in [4.69, 9.17) is 16.2 Å². The van der Waals surface area contributed by atoms with E-state index < -0.39 is 127 Å². The minimum Gasteiger partial charge on any atom is -0.508 e. The molecule has 11 atom stereocenters. The molecule has 0 aliphatic carbocycles. The van der Waals surface area contributed by atoms with Gasteiger partial charge >= 0.3 is 11.9 Å². The number of aliphatic imine (C=N–C) groups is 1. The van der Waals surface area contributed by atoms with Crippen LogP contribution in [-0.4, -0.2) is 160 Å². The summed E-state index contributed by atoms with van der Waals surface area (Å²) >= 11 is 0. The number of aliphatic hydroxyl groups excluding tert-OH is 1. The van der Waals surface area contributed by atoms with Gasteiger partial charge in [-0.2, -0.15) is 0 Å². The molecule has 1 aliphatic heterocycles. The number of likely N-dealkylation sites (N-methyl/N-ethyl adjacent to an activating group) is 1. The van der Waals surface area contributed by atoms with Gasteiger partial charge in [-0.25, -0.2) is 9.59 Å². The number of aliphatic carboxylic acids is 2. The molecule has 14 N–H and O–H groups in total. The molecule has 2 aromatic rings. The van der Waals surface area contributed by atoms with Crippen molar-refractivity contribution < 1.29 is 68.3 Å². The molecule has 1 saturated heterocycles. The Morgan fingerprint density at radius 2 is 1.41 bits per heavy atom. The van der Waals surface area contributed by atoms with E-state index in [0.29, 0.717) is 17.6 Å². The zero-order chi connectivity index (χ0) is 56.8. The number of aliphatic hydroxyl groups is 1. The fraction of sp³-hybridized carbons (Fsp3) is 0.500. The van der Waals surface area contributed by atoms with Crippen LogP contribution in [-0.2, 0) is 60.7 Å². The molecule has 0 radical (unpaired) electrons. The fourth-order valence-corrected chi connectivity index (χ4v) is 8.12. The number of nitrogens with two attached hydrogens (primary N) is 2. The van der Waals surface area contributed by atoms with Crippen LogP contribution >= 0.6 is 0 Å². The lowest BCUT2D eigenvalue weighted by atomic mass is 9.94. The van der Waals surface area contributed by atoms with Crippen molar-refractivity contribution in [2.75, 3.05) is 27.3 Å². The molecule has 0 unspecified atom stereocenters. The lowest BCUT2D eigenvalue weighted by Crippen LogP contribution is -2.59. The Morgan fingerprint density at radius 3 is 2.00 bits per heavy atom. The number of guanidine groups is 1. The van der Waals surface area contributed by atoms with Gasteiger partial charge in [0.15, 0.2) is 5.96 Å². The highest BCUT2D eigenvalue weighted by Gasteiger charge is 2.38. The van der Waals surface area contributed by atoms with Crippen molar-refractivity contribution >= 4 is 59.2 Å². The number of carboxylic acid groups (broad SMARTS) is 2. The monoisotopic (exact) mass is 1060 g/mol. The molecule has 24 nitrogen and oxygen atoms in total. The number of benzene rings is 2. The van der Waals surface area contributed by atoms with E-state index in [1.54, 1.807) is 20.1 Å². The van der Waals surface area contributed by atoms with Crippen molar-refractivity contribution in [3.63, 3.8) is 0 Å². The maximum atomic E-state index is 14.6. The Bertz CT molecular complexity index is 2430. The van der Waals surface area contributed by atoms with Gasteiger partial charge in [0.05, 0.1) is 30.6 Å². The summed E-state index contributed by atoms with van der Waals surface area (Å²) in [6.45, 7) is 6.60. The van der Waals surface area contributed by atoms with Gasteiger partial charge in [0.2, 0.25) is 41.4 Å². The van der Waals surface area contributed by atoms with Crippen molar-refractivity contribution in [3.8, 4) is 5.75 Å². The number of phenols is 1. The number of carbonyl (C=O) groups is 9. The van der Waals surface area contributed by atoms with E-state index in [1.807, 2.05) is 43.3 Å². The first kappa shape index (κ1) is 62.4. The van der Waals surface area contributed by atoms with E-state index in [9.17, 15) is 63.6 Å². The molecule has 0 saturated carbocycles. The number of methoxy groups -OCH3 is 1. The molecular formula is C52H74N10O14. The number of hydrogen-bond acceptors (Lipinski definition) is 13. The number of amides is 7. The van der Waals surface area contributed by atoms with Crippen LogP contribution in [0.5, 0.6) is 5.75 Å². The largest absolute Gasteiger partial charge is 0.508 e. The van der Waals surface area contributed by atoms with Crippen LogP contribution in [0, 0.1) is 17.8 Å².